The second kappa shape index (κ2) is 15.9. The normalized spacial score (nSPS) is 20.3. The van der Waals surface area contributed by atoms with Crippen molar-refractivity contribution in [3.05, 3.63) is 83.6 Å². The number of H-pyrrole nitrogens is 1. The van der Waals surface area contributed by atoms with Crippen molar-refractivity contribution in [1.29, 1.82) is 0 Å². The number of alkyl carbamates (subject to hydrolysis) is 1. The third-order valence-electron chi connectivity index (χ3n) is 9.18. The van der Waals surface area contributed by atoms with Crippen molar-refractivity contribution in [3.63, 3.8) is 0 Å². The first-order chi connectivity index (χ1) is 24.5. The van der Waals surface area contributed by atoms with E-state index in [0.29, 0.717) is 35.3 Å². The maximum atomic E-state index is 14.3. The van der Waals surface area contributed by atoms with Crippen molar-refractivity contribution >= 4 is 39.1 Å². The number of aliphatic imine (C=N–C) groups is 1. The minimum atomic E-state index is -4.18. The Labute approximate surface area is 297 Å². The molecule has 0 aliphatic carbocycles. The number of nitrogens with zero attached hydrogens (tertiary/aromatic N) is 3. The zero-order valence-electron chi connectivity index (χ0n) is 28.9. The van der Waals surface area contributed by atoms with Crippen LogP contribution in [-0.4, -0.2) is 96.1 Å². The molecule has 4 heterocycles. The minimum Gasteiger partial charge on any atom is -0.494 e. The number of aromatic amines is 1. The number of nitrogens with one attached hydrogen (secondary N) is 2. The van der Waals surface area contributed by atoms with Gasteiger partial charge in [0, 0.05) is 35.9 Å². The summed E-state index contributed by atoms with van der Waals surface area (Å²) in [6.45, 7) is 6.32. The van der Waals surface area contributed by atoms with E-state index < -0.39 is 40.7 Å². The molecule has 2 fully saturated rings. The van der Waals surface area contributed by atoms with E-state index in [0.717, 1.165) is 17.7 Å². The second-order valence-electron chi connectivity index (χ2n) is 13.4. The number of fused-ring (bicyclic) bond motifs is 2. The smallest absolute Gasteiger partial charge is 0.407 e. The Hall–Kier alpha value is -4.34. The van der Waals surface area contributed by atoms with E-state index in [4.69, 9.17) is 14.2 Å². The van der Waals surface area contributed by atoms with Gasteiger partial charge in [0.15, 0.2) is 18.0 Å². The van der Waals surface area contributed by atoms with E-state index in [1.54, 1.807) is 12.1 Å². The van der Waals surface area contributed by atoms with Crippen LogP contribution in [-0.2, 0) is 37.1 Å². The Kier molecular flexibility index (Phi) is 11.4. The molecular weight excluding hydrogens is 675 g/mol. The molecule has 0 radical (unpaired) electrons. The van der Waals surface area contributed by atoms with Crippen LogP contribution in [0.4, 0.5) is 10.6 Å². The largest absolute Gasteiger partial charge is 0.494 e. The number of benzene rings is 2. The van der Waals surface area contributed by atoms with E-state index in [1.165, 1.54) is 22.7 Å². The molecule has 0 bridgehead atoms. The Morgan fingerprint density at radius 3 is 2.71 bits per heavy atom. The highest BCUT2D eigenvalue weighted by Gasteiger charge is 2.44. The lowest BCUT2D eigenvalue weighted by Gasteiger charge is -2.31. The quantitative estimate of drug-likeness (QED) is 0.135. The highest BCUT2D eigenvalue weighted by Crippen LogP contribution is 2.33. The number of aromatic nitrogens is 2. The summed E-state index contributed by atoms with van der Waals surface area (Å²) in [7, 11) is -4.18. The van der Waals surface area contributed by atoms with Gasteiger partial charge in [0.2, 0.25) is 10.0 Å². The van der Waals surface area contributed by atoms with Gasteiger partial charge in [-0.25, -0.2) is 23.2 Å². The summed E-state index contributed by atoms with van der Waals surface area (Å²) in [4.78, 5) is 25.0. The first-order valence-corrected chi connectivity index (χ1v) is 18.7. The van der Waals surface area contributed by atoms with Crippen LogP contribution in [0.1, 0.15) is 44.0 Å². The van der Waals surface area contributed by atoms with Gasteiger partial charge in [-0.1, -0.05) is 57.2 Å². The predicted octanol–water partition coefficient (Wildman–Crippen LogP) is 4.69. The summed E-state index contributed by atoms with van der Waals surface area (Å²) in [6, 6.07) is 18.5. The fourth-order valence-electron chi connectivity index (χ4n) is 6.52. The van der Waals surface area contributed by atoms with Crippen molar-refractivity contribution in [3.8, 4) is 5.88 Å². The highest BCUT2D eigenvalue weighted by molar-refractivity contribution is 7.89. The van der Waals surface area contributed by atoms with Crippen LogP contribution in [0.3, 0.4) is 0 Å². The van der Waals surface area contributed by atoms with Crippen LogP contribution in [0, 0.1) is 11.8 Å². The van der Waals surface area contributed by atoms with E-state index in [9.17, 15) is 23.4 Å². The number of pyridine rings is 1. The number of ether oxygens (including phenoxy) is 3. The molecule has 0 saturated carbocycles. The summed E-state index contributed by atoms with van der Waals surface area (Å²) in [6.07, 6.45) is 0.239. The molecule has 0 unspecified atom stereocenters. The molecule has 2 aliphatic heterocycles. The topological polar surface area (TPSA) is 176 Å². The van der Waals surface area contributed by atoms with Crippen molar-refractivity contribution < 1.29 is 37.6 Å². The fourth-order valence-corrected chi connectivity index (χ4v) is 8.17. The van der Waals surface area contributed by atoms with E-state index >= 15 is 0 Å². The lowest BCUT2D eigenvalue weighted by atomic mass is 10.0. The molecule has 4 aromatic rings. The second-order valence-corrected chi connectivity index (χ2v) is 15.3. The Morgan fingerprint density at radius 1 is 1.14 bits per heavy atom. The molecule has 272 valence electrons. The number of aryl methyl sites for hydroxylation is 1. The monoisotopic (exact) mass is 719 g/mol. The van der Waals surface area contributed by atoms with Gasteiger partial charge in [0.05, 0.1) is 41.7 Å². The van der Waals surface area contributed by atoms with Gasteiger partial charge >= 0.3 is 6.09 Å². The van der Waals surface area contributed by atoms with Gasteiger partial charge in [-0.2, -0.15) is 4.31 Å². The van der Waals surface area contributed by atoms with Gasteiger partial charge in [-0.3, -0.25) is 0 Å². The van der Waals surface area contributed by atoms with E-state index in [2.05, 4.69) is 20.3 Å². The van der Waals surface area contributed by atoms with Crippen LogP contribution < -0.4 is 5.32 Å². The van der Waals surface area contributed by atoms with Crippen LogP contribution in [0.2, 0.25) is 0 Å². The zero-order valence-corrected chi connectivity index (χ0v) is 29.8. The van der Waals surface area contributed by atoms with E-state index in [1.807, 2.05) is 63.2 Å². The number of aromatic hydroxyl groups is 1. The van der Waals surface area contributed by atoms with Crippen molar-refractivity contribution in [2.24, 2.45) is 16.8 Å². The number of hydrogen-bond acceptors (Lipinski definition) is 10. The summed E-state index contributed by atoms with van der Waals surface area (Å²) in [5.41, 5.74) is 2.55. The molecule has 6 rings (SSSR count). The third kappa shape index (κ3) is 8.59. The lowest BCUT2D eigenvalue weighted by molar-refractivity contribution is -0.0907. The average molecular weight is 720 g/mol. The number of amides is 1. The van der Waals surface area contributed by atoms with Gasteiger partial charge < -0.3 is 34.7 Å². The highest BCUT2D eigenvalue weighted by atomic mass is 32.2. The molecule has 2 aromatic carbocycles. The Morgan fingerprint density at radius 2 is 1.94 bits per heavy atom. The molecule has 0 spiro atoms. The first-order valence-electron chi connectivity index (χ1n) is 17.3. The molecule has 2 aliphatic rings. The molecule has 51 heavy (non-hydrogen) atoms. The van der Waals surface area contributed by atoms with Crippen molar-refractivity contribution in [2.75, 3.05) is 26.3 Å². The number of carbonyl (C=O) groups excluding carboxylic acids is 1. The minimum absolute atomic E-state index is 0.0239. The van der Waals surface area contributed by atoms with Crippen LogP contribution in [0.5, 0.6) is 5.88 Å². The molecule has 14 heteroatoms. The Balaban J connectivity index is 1.24. The van der Waals surface area contributed by atoms with E-state index in [-0.39, 0.29) is 48.7 Å². The number of carbonyl (C=O) groups is 1. The van der Waals surface area contributed by atoms with Crippen molar-refractivity contribution in [2.45, 2.75) is 69.5 Å². The number of sulfonamides is 1. The van der Waals surface area contributed by atoms with Crippen LogP contribution in [0.25, 0.3) is 10.9 Å². The maximum absolute atomic E-state index is 14.3. The van der Waals surface area contributed by atoms with Gasteiger partial charge in [-0.15, -0.1) is 0 Å². The fraction of sp³-hybridized carbons (Fsp3) is 0.432. The van der Waals surface area contributed by atoms with Gasteiger partial charge in [-0.05, 0) is 61.1 Å². The lowest BCUT2D eigenvalue weighted by Crippen LogP contribution is -2.51. The first kappa shape index (κ1) is 36.5. The number of aliphatic hydroxyl groups is 1. The number of aliphatic hydroxyl groups excluding tert-OH is 1. The van der Waals surface area contributed by atoms with Crippen LogP contribution >= 0.6 is 0 Å². The summed E-state index contributed by atoms with van der Waals surface area (Å²) in [5.74, 6) is 0.150. The molecule has 13 nitrogen and oxygen atoms in total. The standard InChI is InChI=1S/C37H45N5O8S/c1-4-25-11-8-12-34(39-25)38-19-29-28-18-26(13-14-30(28)40-35(29)44)51(46,47)42(20-23(2)3)21-32(43)31(17-24-9-6-5-7-10-24)41-37(45)50-33-22-49-36-27(33)15-16-48-36/h5-14,18-19,23,27,31-33,36,40,43-44H,4,15-17,20-22H2,1-3H3,(H,41,45)/b38-19+/t27-,31-,32+,33-,36+/m0/s1. The molecule has 1 amide bonds. The molecular formula is C37H45N5O8S. The molecule has 4 N–H and O–H groups in total. The van der Waals surface area contributed by atoms with Crippen LogP contribution in [0.15, 0.2) is 76.6 Å². The number of rotatable bonds is 14. The zero-order chi connectivity index (χ0) is 36.1. The molecule has 2 aromatic heterocycles. The third-order valence-corrected chi connectivity index (χ3v) is 11.0. The SMILES string of the molecule is CCc1cccc(/N=C/c2c(O)[nH]c3ccc(S(=O)(=O)N(CC(C)C)C[C@@H](O)[C@H](Cc4ccccc4)NC(=O)O[C@H]4CO[C@H]5OCC[C@H]54)cc23)n1. The summed E-state index contributed by atoms with van der Waals surface area (Å²) < 4.78 is 46.7. The molecule has 2 saturated heterocycles. The average Bonchev–Trinajstić information content (AvgIpc) is 3.82. The predicted molar refractivity (Wildman–Crippen MR) is 192 cm³/mol. The Bertz CT molecular complexity index is 1950. The summed E-state index contributed by atoms with van der Waals surface area (Å²) in [5, 5.41) is 25.7. The number of hydrogen-bond donors (Lipinski definition) is 4. The van der Waals surface area contributed by atoms with Gasteiger partial charge in [0.1, 0.15) is 6.10 Å². The van der Waals surface area contributed by atoms with Crippen molar-refractivity contribution in [1.82, 2.24) is 19.6 Å². The summed E-state index contributed by atoms with van der Waals surface area (Å²) >= 11 is 0. The van der Waals surface area contributed by atoms with Gasteiger partial charge in [0.25, 0.3) is 0 Å². The molecule has 5 atom stereocenters. The maximum Gasteiger partial charge on any atom is 0.407 e.